The number of aliphatic hydroxyl groups excluding tert-OH is 1. The van der Waals surface area contributed by atoms with Crippen LogP contribution >= 0.6 is 0 Å². The fourth-order valence-corrected chi connectivity index (χ4v) is 1.09. The van der Waals surface area contributed by atoms with Crippen molar-refractivity contribution in [3.8, 4) is 0 Å². The molecular weight excluding hydrogens is 298 g/mol. The van der Waals surface area contributed by atoms with Crippen LogP contribution in [0.2, 0.25) is 0 Å². The van der Waals surface area contributed by atoms with E-state index in [2.05, 4.69) is 0 Å². The van der Waals surface area contributed by atoms with Gasteiger partial charge < -0.3 is 39.3 Å². The van der Waals surface area contributed by atoms with Crippen LogP contribution in [0.15, 0.2) is 0 Å². The molecular formula is C11H19CaNO7. The van der Waals surface area contributed by atoms with Gasteiger partial charge in [0, 0.05) is 24.3 Å². The number of aliphatic carboxylic acids is 3. The Balaban J connectivity index is -0.000000288. The van der Waals surface area contributed by atoms with Gasteiger partial charge in [-0.15, -0.1) is 0 Å². The first-order valence-corrected chi connectivity index (χ1v) is 5.52. The summed E-state index contributed by atoms with van der Waals surface area (Å²) in [5.74, 6) is -3.94. The van der Waals surface area contributed by atoms with E-state index in [1.807, 2.05) is 21.1 Å². The number of hydrogen-bond donors (Lipinski definition) is 1. The van der Waals surface area contributed by atoms with E-state index in [4.69, 9.17) is 5.11 Å². The van der Waals surface area contributed by atoms with Gasteiger partial charge in [0.15, 0.2) is 0 Å². The number of hydrogen-bond acceptors (Lipinski definition) is 7. The van der Waals surface area contributed by atoms with Crippen LogP contribution in [0.1, 0.15) is 19.3 Å². The summed E-state index contributed by atoms with van der Waals surface area (Å²) < 4.78 is 0.550. The minimum atomic E-state index is -1.37. The van der Waals surface area contributed by atoms with Gasteiger partial charge in [0.05, 0.1) is 21.1 Å². The van der Waals surface area contributed by atoms with Gasteiger partial charge >= 0.3 is 37.7 Å². The predicted molar refractivity (Wildman–Crippen MR) is 63.5 cm³/mol. The monoisotopic (exact) mass is 317 g/mol. The first kappa shape index (κ1) is 24.6. The Morgan fingerprint density at radius 2 is 1.30 bits per heavy atom. The Morgan fingerprint density at radius 3 is 1.50 bits per heavy atom. The van der Waals surface area contributed by atoms with Crippen LogP contribution in [0.5, 0.6) is 0 Å². The molecule has 112 valence electrons. The first-order valence-electron chi connectivity index (χ1n) is 5.52. The summed E-state index contributed by atoms with van der Waals surface area (Å²) in [5, 5.41) is 38.1. The van der Waals surface area contributed by atoms with Crippen molar-refractivity contribution in [1.82, 2.24) is 0 Å². The molecule has 0 aromatic heterocycles. The fraction of sp³-hybridized carbons (Fsp3) is 0.727. The average Bonchev–Trinajstić information content (AvgIpc) is 2.10. The van der Waals surface area contributed by atoms with Crippen molar-refractivity contribution >= 4 is 55.6 Å². The summed E-state index contributed by atoms with van der Waals surface area (Å²) in [7, 11) is 5.66. The zero-order valence-corrected chi connectivity index (χ0v) is 14.2. The standard InChI is InChI=1S/C7H15NO3.C4H6O4.Ca/c1-8(2,3)5-6(9)4-7(10)11;5-3(6)1-2-4(7)8;/h6,9H,4-5H2,1-3H3;1-2H2,(H,5,6)(H,7,8);/q;;+2/p-2. The number of carboxylic acid groups (broad SMARTS) is 3. The van der Waals surface area contributed by atoms with Gasteiger partial charge in [0.1, 0.15) is 12.6 Å². The number of carbonyl (C=O) groups excluding carboxylic acids is 3. The van der Waals surface area contributed by atoms with E-state index in [1.54, 1.807) is 0 Å². The van der Waals surface area contributed by atoms with E-state index in [9.17, 15) is 29.7 Å². The Bertz CT molecular complexity index is 300. The van der Waals surface area contributed by atoms with Gasteiger partial charge in [-0.3, -0.25) is 0 Å². The molecule has 0 saturated heterocycles. The molecule has 0 rings (SSSR count). The SMILES string of the molecule is C[N+](C)(C)CC(O)CC(=O)[O-].O=C([O-])CCC(=O)[O-].[Ca+2]. The second kappa shape index (κ2) is 12.3. The van der Waals surface area contributed by atoms with Crippen molar-refractivity contribution in [2.75, 3.05) is 27.7 Å². The minimum Gasteiger partial charge on any atom is -0.550 e. The molecule has 0 bridgehead atoms. The maximum Gasteiger partial charge on any atom is 2.00 e. The van der Waals surface area contributed by atoms with E-state index in [0.717, 1.165) is 0 Å². The van der Waals surface area contributed by atoms with Crippen LogP contribution in [0, 0.1) is 0 Å². The smallest absolute Gasteiger partial charge is 0.550 e. The second-order valence-corrected chi connectivity index (χ2v) is 4.95. The number of carbonyl (C=O) groups is 3. The van der Waals surface area contributed by atoms with Crippen LogP contribution in [-0.4, -0.2) is 99.0 Å². The van der Waals surface area contributed by atoms with E-state index in [0.29, 0.717) is 11.0 Å². The van der Waals surface area contributed by atoms with Crippen molar-refractivity contribution in [2.45, 2.75) is 25.4 Å². The Kier molecular flexibility index (Phi) is 15.2. The molecule has 0 aliphatic rings. The normalized spacial score (nSPS) is 11.4. The molecule has 0 aliphatic heterocycles. The molecule has 0 radical (unpaired) electrons. The van der Waals surface area contributed by atoms with Crippen molar-refractivity contribution in [3.05, 3.63) is 0 Å². The van der Waals surface area contributed by atoms with Gasteiger partial charge in [0.25, 0.3) is 0 Å². The summed E-state index contributed by atoms with van der Waals surface area (Å²) in [6, 6.07) is 0. The van der Waals surface area contributed by atoms with Gasteiger partial charge in [-0.2, -0.15) is 0 Å². The molecule has 8 nitrogen and oxygen atoms in total. The first-order chi connectivity index (χ1) is 8.44. The molecule has 9 heteroatoms. The third kappa shape index (κ3) is 26.2. The molecule has 0 amide bonds. The fourth-order valence-electron chi connectivity index (χ4n) is 1.09. The Labute approximate surface area is 147 Å². The van der Waals surface area contributed by atoms with E-state index >= 15 is 0 Å². The molecule has 20 heavy (non-hydrogen) atoms. The average molecular weight is 317 g/mol. The van der Waals surface area contributed by atoms with Gasteiger partial charge in [-0.1, -0.05) is 0 Å². The molecule has 0 fully saturated rings. The summed E-state index contributed by atoms with van der Waals surface area (Å²) in [6.07, 6.45) is -2.03. The zero-order chi connectivity index (χ0) is 15.6. The summed E-state index contributed by atoms with van der Waals surface area (Å²) in [5.41, 5.74) is 0. The summed E-state index contributed by atoms with van der Waals surface area (Å²) in [4.78, 5) is 29.0. The molecule has 0 aromatic rings. The molecule has 1 unspecified atom stereocenters. The van der Waals surface area contributed by atoms with Gasteiger partial charge in [-0.25, -0.2) is 0 Å². The number of nitrogens with zero attached hydrogens (tertiary/aromatic N) is 1. The van der Waals surface area contributed by atoms with Crippen molar-refractivity contribution in [2.24, 2.45) is 0 Å². The number of likely N-dealkylation sites (N-methyl/N-ethyl adjacent to an activating group) is 1. The predicted octanol–water partition coefficient (Wildman–Crippen LogP) is -4.92. The van der Waals surface area contributed by atoms with Crippen LogP contribution < -0.4 is 15.3 Å². The Morgan fingerprint density at radius 1 is 0.950 bits per heavy atom. The topological polar surface area (TPSA) is 141 Å². The molecule has 0 heterocycles. The molecule has 0 aliphatic carbocycles. The van der Waals surface area contributed by atoms with Crippen molar-refractivity contribution in [1.29, 1.82) is 0 Å². The maximum atomic E-state index is 10.0. The summed E-state index contributed by atoms with van der Waals surface area (Å²) in [6.45, 7) is 0.425. The van der Waals surface area contributed by atoms with Crippen LogP contribution in [0.25, 0.3) is 0 Å². The molecule has 0 spiro atoms. The third-order valence-electron chi connectivity index (χ3n) is 1.69. The molecule has 0 aromatic carbocycles. The maximum absolute atomic E-state index is 10.0. The van der Waals surface area contributed by atoms with Crippen LogP contribution in [-0.2, 0) is 14.4 Å². The molecule has 1 atom stereocenters. The second-order valence-electron chi connectivity index (χ2n) is 4.95. The van der Waals surface area contributed by atoms with Crippen molar-refractivity contribution < 1.29 is 39.3 Å². The van der Waals surface area contributed by atoms with E-state index < -0.39 is 36.9 Å². The number of rotatable bonds is 7. The largest absolute Gasteiger partial charge is 2.00 e. The minimum absolute atomic E-state index is 0. The third-order valence-corrected chi connectivity index (χ3v) is 1.69. The van der Waals surface area contributed by atoms with Crippen molar-refractivity contribution in [3.63, 3.8) is 0 Å². The molecule has 0 saturated carbocycles. The number of carboxylic acids is 3. The van der Waals surface area contributed by atoms with Gasteiger partial charge in [-0.05, 0) is 12.8 Å². The van der Waals surface area contributed by atoms with Gasteiger partial charge in [0.2, 0.25) is 0 Å². The molecule has 1 N–H and O–H groups in total. The van der Waals surface area contributed by atoms with Crippen LogP contribution in [0.3, 0.4) is 0 Å². The number of quaternary nitrogens is 1. The quantitative estimate of drug-likeness (QED) is 0.366. The Hall–Kier alpha value is -0.410. The zero-order valence-electron chi connectivity index (χ0n) is 12.0. The van der Waals surface area contributed by atoms with E-state index in [1.165, 1.54) is 0 Å². The number of aliphatic hydroxyl groups is 1. The van der Waals surface area contributed by atoms with Crippen LogP contribution in [0.4, 0.5) is 0 Å². The van der Waals surface area contributed by atoms with E-state index in [-0.39, 0.29) is 44.2 Å². The summed E-state index contributed by atoms with van der Waals surface area (Å²) >= 11 is 0.